The molecule has 4 heteroatoms. The zero-order valence-electron chi connectivity index (χ0n) is 8.50. The van der Waals surface area contributed by atoms with Crippen molar-refractivity contribution in [2.75, 3.05) is 14.1 Å². The maximum absolute atomic E-state index is 9.31. The van der Waals surface area contributed by atoms with Crippen molar-refractivity contribution in [3.63, 3.8) is 0 Å². The summed E-state index contributed by atoms with van der Waals surface area (Å²) >= 11 is 0. The van der Waals surface area contributed by atoms with Crippen molar-refractivity contribution in [2.45, 2.75) is 32.7 Å². The molecule has 0 amide bonds. The third-order valence-electron chi connectivity index (χ3n) is 2.24. The Morgan fingerprint density at radius 1 is 1.50 bits per heavy atom. The quantitative estimate of drug-likeness (QED) is 0.291. The number of hydroxylamine groups is 3. The second-order valence-electron chi connectivity index (χ2n) is 3.41. The van der Waals surface area contributed by atoms with Crippen molar-refractivity contribution in [2.24, 2.45) is 0 Å². The Bertz CT molecular complexity index is 181. The summed E-state index contributed by atoms with van der Waals surface area (Å²) in [6, 6.07) is 0. The molecular formula is C8H19N2O2+. The van der Waals surface area contributed by atoms with Crippen LogP contribution in [0.15, 0.2) is 0 Å². The molecular weight excluding hydrogens is 156 g/mol. The molecule has 0 radical (unpaired) electrons. The number of nitrogens with zero attached hydrogens (tertiary/aromatic N) is 2. The van der Waals surface area contributed by atoms with Gasteiger partial charge in [-0.1, -0.05) is 6.92 Å². The first-order chi connectivity index (χ1) is 5.34. The molecule has 0 rings (SSSR count). The van der Waals surface area contributed by atoms with Crippen molar-refractivity contribution in [3.05, 3.63) is 0 Å². The molecule has 0 unspecified atom stereocenters. The van der Waals surface area contributed by atoms with Gasteiger partial charge in [0.15, 0.2) is 7.05 Å². The van der Waals surface area contributed by atoms with Gasteiger partial charge in [0.05, 0.1) is 0 Å². The predicted molar refractivity (Wildman–Crippen MR) is 46.9 cm³/mol. The summed E-state index contributed by atoms with van der Waals surface area (Å²) in [6.07, 6.45) is 0.699. The van der Waals surface area contributed by atoms with Crippen molar-refractivity contribution in [1.29, 1.82) is 0 Å². The van der Waals surface area contributed by atoms with Gasteiger partial charge in [0, 0.05) is 13.5 Å². The molecule has 0 saturated heterocycles. The van der Waals surface area contributed by atoms with Gasteiger partial charge in [-0.2, -0.15) is 5.06 Å². The van der Waals surface area contributed by atoms with Gasteiger partial charge in [-0.15, -0.1) is 0 Å². The molecule has 0 saturated carbocycles. The second-order valence-corrected chi connectivity index (χ2v) is 3.41. The van der Waals surface area contributed by atoms with Crippen LogP contribution in [-0.4, -0.2) is 45.6 Å². The third kappa shape index (κ3) is 2.19. The topological polar surface area (TPSA) is 46.7 Å². The lowest BCUT2D eigenvalue weighted by Crippen LogP contribution is -2.48. The Morgan fingerprint density at radius 3 is 2.00 bits per heavy atom. The first kappa shape index (κ1) is 11.4. The van der Waals surface area contributed by atoms with Crippen molar-refractivity contribution >= 4 is 5.71 Å². The van der Waals surface area contributed by atoms with Gasteiger partial charge in [-0.25, -0.2) is 0 Å². The molecule has 4 nitrogen and oxygen atoms in total. The Balaban J connectivity index is 4.86. The highest BCUT2D eigenvalue weighted by atomic mass is 16.5. The lowest BCUT2D eigenvalue weighted by Gasteiger charge is -2.27. The second kappa shape index (κ2) is 3.87. The van der Waals surface area contributed by atoms with E-state index in [1.165, 1.54) is 0 Å². The van der Waals surface area contributed by atoms with Crippen molar-refractivity contribution < 1.29 is 15.2 Å². The van der Waals surface area contributed by atoms with E-state index in [0.29, 0.717) is 6.42 Å². The van der Waals surface area contributed by atoms with Gasteiger partial charge < -0.3 is 5.21 Å². The van der Waals surface area contributed by atoms with Crippen LogP contribution in [0.3, 0.4) is 0 Å². The summed E-state index contributed by atoms with van der Waals surface area (Å²) in [7, 11) is 3.13. The number of hydrogen-bond donors (Lipinski definition) is 2. The van der Waals surface area contributed by atoms with Crippen LogP contribution in [-0.2, 0) is 0 Å². The van der Waals surface area contributed by atoms with E-state index in [-0.39, 0.29) is 0 Å². The molecule has 0 aromatic rings. The van der Waals surface area contributed by atoms with Crippen LogP contribution in [0.5, 0.6) is 0 Å². The fourth-order valence-electron chi connectivity index (χ4n) is 1.24. The van der Waals surface area contributed by atoms with E-state index < -0.39 is 5.54 Å². The maximum Gasteiger partial charge on any atom is 0.225 e. The zero-order valence-corrected chi connectivity index (χ0v) is 8.50. The SMILES string of the molecule is CC/C(=[N+](\C)O)C(C)(C)N(C)O. The average Bonchev–Trinajstić information content (AvgIpc) is 1.86. The van der Waals surface area contributed by atoms with E-state index in [1.54, 1.807) is 14.1 Å². The fourth-order valence-corrected chi connectivity index (χ4v) is 1.24. The van der Waals surface area contributed by atoms with Gasteiger partial charge >= 0.3 is 0 Å². The molecule has 2 N–H and O–H groups in total. The standard InChI is InChI=1S/C8H19N2O2/c1-6-7(9(4)11)8(2,3)10(5)12/h11-12H,6H2,1-5H3/q+1/b9-7-. The van der Waals surface area contributed by atoms with Gasteiger partial charge in [0.2, 0.25) is 5.71 Å². The minimum absolute atomic E-state index is 0.530. The smallest absolute Gasteiger partial charge is 0.225 e. The van der Waals surface area contributed by atoms with Crippen LogP contribution >= 0.6 is 0 Å². The molecule has 0 heterocycles. The first-order valence-electron chi connectivity index (χ1n) is 4.05. The Kier molecular flexibility index (Phi) is 3.67. The Hall–Kier alpha value is -0.610. The lowest BCUT2D eigenvalue weighted by atomic mass is 9.96. The summed E-state index contributed by atoms with van der Waals surface area (Å²) in [5, 5.41) is 19.7. The molecule has 0 aliphatic heterocycles. The summed E-state index contributed by atoms with van der Waals surface area (Å²) < 4.78 is 1.06. The molecule has 0 aromatic carbocycles. The molecule has 12 heavy (non-hydrogen) atoms. The van der Waals surface area contributed by atoms with Crippen LogP contribution in [0.1, 0.15) is 27.2 Å². The van der Waals surface area contributed by atoms with E-state index in [2.05, 4.69) is 0 Å². The third-order valence-corrected chi connectivity index (χ3v) is 2.24. The van der Waals surface area contributed by atoms with E-state index >= 15 is 0 Å². The van der Waals surface area contributed by atoms with Crippen molar-refractivity contribution in [3.8, 4) is 0 Å². The monoisotopic (exact) mass is 175 g/mol. The first-order valence-corrected chi connectivity index (χ1v) is 4.05. The van der Waals surface area contributed by atoms with E-state index in [4.69, 9.17) is 0 Å². The molecule has 0 atom stereocenters. The predicted octanol–water partition coefficient (Wildman–Crippen LogP) is 0.968. The Labute approximate surface area is 73.7 Å². The number of hydrogen-bond acceptors (Lipinski definition) is 3. The van der Waals surface area contributed by atoms with Gasteiger partial charge in [-0.3, -0.25) is 5.21 Å². The number of rotatable bonds is 3. The highest BCUT2D eigenvalue weighted by Gasteiger charge is 2.35. The molecule has 0 spiro atoms. The van der Waals surface area contributed by atoms with Gasteiger partial charge in [-0.05, 0) is 18.6 Å². The van der Waals surface area contributed by atoms with E-state index in [0.717, 1.165) is 15.5 Å². The average molecular weight is 175 g/mol. The van der Waals surface area contributed by atoms with Crippen LogP contribution in [0.25, 0.3) is 0 Å². The molecule has 72 valence electrons. The highest BCUT2D eigenvalue weighted by molar-refractivity contribution is 5.87. The lowest BCUT2D eigenvalue weighted by molar-refractivity contribution is -0.757. The van der Waals surface area contributed by atoms with Crippen LogP contribution < -0.4 is 0 Å². The largest absolute Gasteiger partial charge is 0.313 e. The zero-order chi connectivity index (χ0) is 9.94. The Morgan fingerprint density at radius 2 is 1.92 bits per heavy atom. The fraction of sp³-hybridized carbons (Fsp3) is 0.875. The molecule has 0 aliphatic carbocycles. The van der Waals surface area contributed by atoms with Crippen LogP contribution in [0.2, 0.25) is 0 Å². The van der Waals surface area contributed by atoms with Gasteiger partial charge in [0.25, 0.3) is 0 Å². The highest BCUT2D eigenvalue weighted by Crippen LogP contribution is 2.13. The summed E-state index contributed by atoms with van der Waals surface area (Å²) in [5.74, 6) is 0. The van der Waals surface area contributed by atoms with Crippen LogP contribution in [0.4, 0.5) is 0 Å². The van der Waals surface area contributed by atoms with Crippen LogP contribution in [0, 0.1) is 0 Å². The molecule has 0 bridgehead atoms. The minimum Gasteiger partial charge on any atom is -0.313 e. The summed E-state index contributed by atoms with van der Waals surface area (Å²) in [6.45, 7) is 5.63. The molecule has 0 fully saturated rings. The van der Waals surface area contributed by atoms with E-state index in [9.17, 15) is 10.4 Å². The molecule has 0 aromatic heterocycles. The summed E-state index contributed by atoms with van der Waals surface area (Å²) in [4.78, 5) is 0. The van der Waals surface area contributed by atoms with Crippen molar-refractivity contribution in [1.82, 2.24) is 5.06 Å². The van der Waals surface area contributed by atoms with E-state index in [1.807, 2.05) is 20.8 Å². The minimum atomic E-state index is -0.530. The normalized spacial score (nSPS) is 14.9. The maximum atomic E-state index is 9.31. The molecule has 0 aliphatic rings. The van der Waals surface area contributed by atoms with Gasteiger partial charge in [0.1, 0.15) is 5.54 Å². The summed E-state index contributed by atoms with van der Waals surface area (Å²) in [5.41, 5.74) is 0.241.